The molecule has 1 saturated heterocycles. The minimum absolute atomic E-state index is 0.205. The Kier molecular flexibility index (Phi) is 4.93. The second-order valence-electron chi connectivity index (χ2n) is 5.20. The van der Waals surface area contributed by atoms with Crippen LogP contribution >= 0.6 is 0 Å². The largest absolute Gasteiger partial charge is 0.339 e. The first kappa shape index (κ1) is 14.0. The van der Waals surface area contributed by atoms with Crippen LogP contribution in [0.1, 0.15) is 18.5 Å². The highest BCUT2D eigenvalue weighted by Crippen LogP contribution is 2.10. The molecule has 1 fully saturated rings. The van der Waals surface area contributed by atoms with Crippen molar-refractivity contribution >= 4 is 5.91 Å². The number of piperazine rings is 1. The number of rotatable bonds is 4. The molecule has 104 valence electrons. The summed E-state index contributed by atoms with van der Waals surface area (Å²) >= 11 is 0. The zero-order valence-electron chi connectivity index (χ0n) is 11.8. The highest BCUT2D eigenvalue weighted by molar-refractivity contribution is 5.78. The van der Waals surface area contributed by atoms with Gasteiger partial charge in [0.2, 0.25) is 5.91 Å². The smallest absolute Gasteiger partial charge is 0.236 e. The average molecular weight is 261 g/mol. The van der Waals surface area contributed by atoms with Gasteiger partial charge in [-0.1, -0.05) is 30.3 Å². The second kappa shape index (κ2) is 6.68. The van der Waals surface area contributed by atoms with Gasteiger partial charge in [0.25, 0.3) is 0 Å². The predicted molar refractivity (Wildman–Crippen MR) is 76.9 cm³/mol. The molecule has 4 nitrogen and oxygen atoms in total. The second-order valence-corrected chi connectivity index (χ2v) is 5.20. The maximum atomic E-state index is 12.1. The lowest BCUT2D eigenvalue weighted by Gasteiger charge is -2.32. The van der Waals surface area contributed by atoms with Crippen molar-refractivity contribution in [2.75, 3.05) is 39.8 Å². The van der Waals surface area contributed by atoms with Gasteiger partial charge in [-0.05, 0) is 19.5 Å². The van der Waals surface area contributed by atoms with E-state index in [1.165, 1.54) is 5.56 Å². The van der Waals surface area contributed by atoms with Crippen LogP contribution in [0.2, 0.25) is 0 Å². The van der Waals surface area contributed by atoms with E-state index in [2.05, 4.69) is 36.3 Å². The molecule has 1 aromatic carbocycles. The first-order chi connectivity index (χ1) is 9.16. The molecule has 1 aromatic rings. The Labute approximate surface area is 115 Å². The van der Waals surface area contributed by atoms with Crippen molar-refractivity contribution in [3.05, 3.63) is 35.9 Å². The van der Waals surface area contributed by atoms with Crippen molar-refractivity contribution in [1.82, 2.24) is 15.1 Å². The number of benzene rings is 1. The summed E-state index contributed by atoms with van der Waals surface area (Å²) in [5.74, 6) is 0.205. The van der Waals surface area contributed by atoms with Crippen LogP contribution < -0.4 is 5.32 Å². The molecule has 0 saturated carbocycles. The molecule has 1 atom stereocenters. The van der Waals surface area contributed by atoms with Crippen LogP contribution in [0, 0.1) is 0 Å². The minimum Gasteiger partial charge on any atom is -0.339 e. The molecule has 0 aromatic heterocycles. The van der Waals surface area contributed by atoms with Crippen LogP contribution in [0.4, 0.5) is 0 Å². The molecule has 0 unspecified atom stereocenters. The van der Waals surface area contributed by atoms with Crippen LogP contribution in [0.3, 0.4) is 0 Å². The normalized spacial score (nSPS) is 18.3. The van der Waals surface area contributed by atoms with Crippen molar-refractivity contribution in [3.63, 3.8) is 0 Å². The molecule has 2 rings (SSSR count). The van der Waals surface area contributed by atoms with Crippen LogP contribution in [0.5, 0.6) is 0 Å². The van der Waals surface area contributed by atoms with Gasteiger partial charge >= 0.3 is 0 Å². The Balaban J connectivity index is 1.77. The number of nitrogens with one attached hydrogen (secondary N) is 1. The van der Waals surface area contributed by atoms with Gasteiger partial charge in [0.15, 0.2) is 0 Å². The fraction of sp³-hybridized carbons (Fsp3) is 0.533. The summed E-state index contributed by atoms with van der Waals surface area (Å²) in [4.78, 5) is 16.3. The molecule has 0 aliphatic carbocycles. The number of carbonyl (C=O) groups is 1. The van der Waals surface area contributed by atoms with E-state index in [9.17, 15) is 4.79 Å². The highest BCUT2D eigenvalue weighted by atomic mass is 16.2. The van der Waals surface area contributed by atoms with Gasteiger partial charge in [-0.3, -0.25) is 4.79 Å². The Bertz CT molecular complexity index is 399. The Morgan fingerprint density at radius 1 is 1.21 bits per heavy atom. The summed E-state index contributed by atoms with van der Waals surface area (Å²) < 4.78 is 0. The monoisotopic (exact) mass is 261 g/mol. The van der Waals surface area contributed by atoms with Crippen molar-refractivity contribution in [2.45, 2.75) is 13.0 Å². The molecule has 1 amide bonds. The van der Waals surface area contributed by atoms with Crippen molar-refractivity contribution in [3.8, 4) is 0 Å². The molecule has 4 heteroatoms. The summed E-state index contributed by atoms with van der Waals surface area (Å²) in [5, 5.41) is 3.30. The van der Waals surface area contributed by atoms with E-state index >= 15 is 0 Å². The van der Waals surface area contributed by atoms with E-state index in [1.807, 2.05) is 23.1 Å². The van der Waals surface area contributed by atoms with Gasteiger partial charge in [-0.25, -0.2) is 0 Å². The number of likely N-dealkylation sites (N-methyl/N-ethyl adjacent to an activating group) is 1. The molecule has 19 heavy (non-hydrogen) atoms. The number of hydrogen-bond acceptors (Lipinski definition) is 3. The lowest BCUT2D eigenvalue weighted by atomic mass is 10.1. The summed E-state index contributed by atoms with van der Waals surface area (Å²) in [5.41, 5.74) is 1.22. The lowest BCUT2D eigenvalue weighted by Crippen LogP contribution is -2.49. The summed E-state index contributed by atoms with van der Waals surface area (Å²) in [6, 6.07) is 10.4. The highest BCUT2D eigenvalue weighted by Gasteiger charge is 2.19. The fourth-order valence-electron chi connectivity index (χ4n) is 2.27. The van der Waals surface area contributed by atoms with E-state index < -0.39 is 0 Å². The molecule has 1 aliphatic heterocycles. The summed E-state index contributed by atoms with van der Waals surface area (Å²) in [6.07, 6.45) is 0. The van der Waals surface area contributed by atoms with E-state index in [4.69, 9.17) is 0 Å². The Morgan fingerprint density at radius 3 is 2.47 bits per heavy atom. The van der Waals surface area contributed by atoms with Gasteiger partial charge in [0.1, 0.15) is 0 Å². The molecular weight excluding hydrogens is 238 g/mol. The predicted octanol–water partition coefficient (Wildman–Crippen LogP) is 1.11. The van der Waals surface area contributed by atoms with E-state index in [0.29, 0.717) is 6.54 Å². The lowest BCUT2D eigenvalue weighted by molar-refractivity contribution is -0.131. The van der Waals surface area contributed by atoms with Crippen LogP contribution in [0.25, 0.3) is 0 Å². The SMILES string of the molecule is C[C@H](NCC(=O)N1CCN(C)CC1)c1ccccc1. The molecular formula is C15H23N3O. The fourth-order valence-corrected chi connectivity index (χ4v) is 2.27. The van der Waals surface area contributed by atoms with Crippen LogP contribution in [-0.2, 0) is 4.79 Å². The van der Waals surface area contributed by atoms with Gasteiger partial charge in [0, 0.05) is 32.2 Å². The zero-order valence-corrected chi connectivity index (χ0v) is 11.8. The van der Waals surface area contributed by atoms with Crippen LogP contribution in [-0.4, -0.2) is 55.5 Å². The topological polar surface area (TPSA) is 35.6 Å². The van der Waals surface area contributed by atoms with Crippen molar-refractivity contribution in [1.29, 1.82) is 0 Å². The van der Waals surface area contributed by atoms with E-state index in [1.54, 1.807) is 0 Å². The summed E-state index contributed by atoms with van der Waals surface area (Å²) in [7, 11) is 2.09. The first-order valence-corrected chi connectivity index (χ1v) is 6.91. The minimum atomic E-state index is 0.205. The first-order valence-electron chi connectivity index (χ1n) is 6.91. The average Bonchev–Trinajstić information content (AvgIpc) is 2.46. The number of amides is 1. The van der Waals surface area contributed by atoms with Crippen molar-refractivity contribution < 1.29 is 4.79 Å². The molecule has 1 heterocycles. The van der Waals surface area contributed by atoms with E-state index in [0.717, 1.165) is 26.2 Å². The Morgan fingerprint density at radius 2 is 1.84 bits per heavy atom. The summed E-state index contributed by atoms with van der Waals surface area (Å²) in [6.45, 7) is 6.14. The molecule has 0 radical (unpaired) electrons. The zero-order chi connectivity index (χ0) is 13.7. The molecule has 1 aliphatic rings. The van der Waals surface area contributed by atoms with Gasteiger partial charge in [0.05, 0.1) is 6.54 Å². The molecule has 0 spiro atoms. The molecule has 0 bridgehead atoms. The maximum absolute atomic E-state index is 12.1. The van der Waals surface area contributed by atoms with Gasteiger partial charge in [-0.2, -0.15) is 0 Å². The van der Waals surface area contributed by atoms with Crippen molar-refractivity contribution in [2.24, 2.45) is 0 Å². The molecule has 1 N–H and O–H groups in total. The van der Waals surface area contributed by atoms with Gasteiger partial charge in [-0.15, -0.1) is 0 Å². The van der Waals surface area contributed by atoms with Crippen LogP contribution in [0.15, 0.2) is 30.3 Å². The quantitative estimate of drug-likeness (QED) is 0.882. The number of carbonyl (C=O) groups excluding carboxylic acids is 1. The Hall–Kier alpha value is -1.39. The third-order valence-corrected chi connectivity index (χ3v) is 3.72. The third kappa shape index (κ3) is 4.04. The van der Waals surface area contributed by atoms with E-state index in [-0.39, 0.29) is 11.9 Å². The third-order valence-electron chi connectivity index (χ3n) is 3.72. The number of nitrogens with zero attached hydrogens (tertiary/aromatic N) is 2. The number of hydrogen-bond donors (Lipinski definition) is 1. The standard InChI is InChI=1S/C15H23N3O/c1-13(14-6-4-3-5-7-14)16-12-15(19)18-10-8-17(2)9-11-18/h3-7,13,16H,8-12H2,1-2H3/t13-/m0/s1. The van der Waals surface area contributed by atoms with Gasteiger partial charge < -0.3 is 15.1 Å². The maximum Gasteiger partial charge on any atom is 0.236 e.